The van der Waals surface area contributed by atoms with Crippen molar-refractivity contribution in [3.63, 3.8) is 0 Å². The third kappa shape index (κ3) is 3.47. The molecule has 0 N–H and O–H groups in total. The van der Waals surface area contributed by atoms with Crippen LogP contribution in [0.1, 0.15) is 33.1 Å². The second kappa shape index (κ2) is 5.93. The normalized spacial score (nSPS) is 25.8. The maximum absolute atomic E-state index is 5.94. The Morgan fingerprint density at radius 1 is 1.14 bits per heavy atom. The Bertz CT molecular complexity index is 595. The van der Waals surface area contributed by atoms with Crippen molar-refractivity contribution in [1.82, 2.24) is 29.7 Å². The summed E-state index contributed by atoms with van der Waals surface area (Å²) in [7, 11) is 0. The molecule has 0 saturated heterocycles. The van der Waals surface area contributed by atoms with E-state index in [1.165, 1.54) is 23.8 Å². The van der Waals surface area contributed by atoms with Crippen LogP contribution < -0.4 is 4.74 Å². The highest BCUT2D eigenvalue weighted by molar-refractivity contribution is 6.28. The third-order valence-electron chi connectivity index (χ3n) is 3.61. The lowest BCUT2D eigenvalue weighted by Gasteiger charge is -2.30. The molecule has 0 aliphatic heterocycles. The monoisotopic (exact) mass is 308 g/mol. The predicted octanol–water partition coefficient (Wildman–Crippen LogP) is 2.31. The van der Waals surface area contributed by atoms with Crippen molar-refractivity contribution in [3.8, 4) is 12.0 Å². The highest BCUT2D eigenvalue weighted by Gasteiger charge is 2.26. The molecule has 1 aliphatic rings. The van der Waals surface area contributed by atoms with E-state index in [0.717, 1.165) is 12.8 Å². The summed E-state index contributed by atoms with van der Waals surface area (Å²) in [5.74, 6) is 1.59. The number of aromatic nitrogens is 6. The molecule has 0 radical (unpaired) electrons. The van der Waals surface area contributed by atoms with Crippen molar-refractivity contribution >= 4 is 11.6 Å². The summed E-state index contributed by atoms with van der Waals surface area (Å²) in [6, 6.07) is 0.242. The second-order valence-electron chi connectivity index (χ2n) is 5.68. The quantitative estimate of drug-likeness (QED) is 0.865. The second-order valence-corrected chi connectivity index (χ2v) is 6.02. The first-order valence-electron chi connectivity index (χ1n) is 7.03. The first kappa shape index (κ1) is 14.2. The van der Waals surface area contributed by atoms with E-state index in [9.17, 15) is 0 Å². The Kier molecular flexibility index (Phi) is 4.01. The zero-order chi connectivity index (χ0) is 14.8. The average molecular weight is 309 g/mol. The largest absolute Gasteiger partial charge is 0.460 e. The Morgan fingerprint density at radius 3 is 2.57 bits per heavy atom. The molecule has 112 valence electrons. The SMILES string of the molecule is CC1CC(C)CC(Oc2nc(Cl)nc(-n3cncn3)n2)C1. The lowest BCUT2D eigenvalue weighted by atomic mass is 9.82. The van der Waals surface area contributed by atoms with E-state index in [4.69, 9.17) is 16.3 Å². The van der Waals surface area contributed by atoms with Gasteiger partial charge in [-0.2, -0.15) is 24.7 Å². The van der Waals surface area contributed by atoms with Crippen LogP contribution in [0.5, 0.6) is 6.01 Å². The summed E-state index contributed by atoms with van der Waals surface area (Å²) in [5, 5.41) is 4.06. The summed E-state index contributed by atoms with van der Waals surface area (Å²) >= 11 is 5.94. The minimum atomic E-state index is 0.0856. The molecule has 1 aliphatic carbocycles. The Labute approximate surface area is 127 Å². The molecule has 0 amide bonds. The van der Waals surface area contributed by atoms with Crippen molar-refractivity contribution in [2.24, 2.45) is 11.8 Å². The van der Waals surface area contributed by atoms with Gasteiger partial charge in [-0.15, -0.1) is 0 Å². The highest BCUT2D eigenvalue weighted by Crippen LogP contribution is 2.30. The molecule has 0 spiro atoms. The molecular weight excluding hydrogens is 292 g/mol. The lowest BCUT2D eigenvalue weighted by molar-refractivity contribution is 0.0917. The molecule has 2 unspecified atom stereocenters. The van der Waals surface area contributed by atoms with Crippen LogP contribution in [0.2, 0.25) is 5.28 Å². The van der Waals surface area contributed by atoms with Gasteiger partial charge in [0.05, 0.1) is 0 Å². The molecule has 21 heavy (non-hydrogen) atoms. The maximum atomic E-state index is 5.94. The summed E-state index contributed by atoms with van der Waals surface area (Å²) in [6.07, 6.45) is 6.27. The summed E-state index contributed by atoms with van der Waals surface area (Å²) in [4.78, 5) is 16.2. The van der Waals surface area contributed by atoms with Crippen LogP contribution in [0.3, 0.4) is 0 Å². The standard InChI is InChI=1S/C13H17ClN6O/c1-8-3-9(2)5-10(4-8)21-13-18-11(14)17-12(19-13)20-7-15-6-16-20/h6-10H,3-5H2,1-2H3. The van der Waals surface area contributed by atoms with Crippen LogP contribution in [-0.2, 0) is 0 Å². The van der Waals surface area contributed by atoms with Crippen LogP contribution in [0.25, 0.3) is 5.95 Å². The zero-order valence-corrected chi connectivity index (χ0v) is 12.7. The third-order valence-corrected chi connectivity index (χ3v) is 3.78. The van der Waals surface area contributed by atoms with Crippen LogP contribution in [0.15, 0.2) is 12.7 Å². The molecule has 2 heterocycles. The molecule has 8 heteroatoms. The van der Waals surface area contributed by atoms with Crippen molar-refractivity contribution in [2.75, 3.05) is 0 Å². The minimum Gasteiger partial charge on any atom is -0.460 e. The number of nitrogens with zero attached hydrogens (tertiary/aromatic N) is 6. The summed E-state index contributed by atoms with van der Waals surface area (Å²) < 4.78 is 7.33. The number of halogens is 1. The topological polar surface area (TPSA) is 78.6 Å². The van der Waals surface area contributed by atoms with Crippen molar-refractivity contribution in [2.45, 2.75) is 39.2 Å². The van der Waals surface area contributed by atoms with Gasteiger partial charge in [-0.3, -0.25) is 0 Å². The molecule has 2 atom stereocenters. The lowest BCUT2D eigenvalue weighted by Crippen LogP contribution is -2.29. The van der Waals surface area contributed by atoms with E-state index >= 15 is 0 Å². The molecule has 3 rings (SSSR count). The van der Waals surface area contributed by atoms with Gasteiger partial charge in [0.25, 0.3) is 5.95 Å². The smallest absolute Gasteiger partial charge is 0.322 e. The molecule has 2 aromatic rings. The van der Waals surface area contributed by atoms with Gasteiger partial charge in [-0.05, 0) is 42.7 Å². The van der Waals surface area contributed by atoms with E-state index < -0.39 is 0 Å². The van der Waals surface area contributed by atoms with E-state index in [1.54, 1.807) is 0 Å². The van der Waals surface area contributed by atoms with Gasteiger partial charge < -0.3 is 4.74 Å². The fourth-order valence-electron chi connectivity index (χ4n) is 2.91. The van der Waals surface area contributed by atoms with Gasteiger partial charge in [-0.1, -0.05) is 13.8 Å². The van der Waals surface area contributed by atoms with Crippen LogP contribution in [-0.4, -0.2) is 35.8 Å². The van der Waals surface area contributed by atoms with Crippen LogP contribution in [0, 0.1) is 11.8 Å². The van der Waals surface area contributed by atoms with Gasteiger partial charge in [-0.25, -0.2) is 4.98 Å². The molecule has 1 saturated carbocycles. The van der Waals surface area contributed by atoms with E-state index in [-0.39, 0.29) is 17.4 Å². The number of hydrogen-bond acceptors (Lipinski definition) is 6. The van der Waals surface area contributed by atoms with Crippen LogP contribution >= 0.6 is 11.6 Å². The summed E-state index contributed by atoms with van der Waals surface area (Å²) in [5.41, 5.74) is 0. The van der Waals surface area contributed by atoms with E-state index in [2.05, 4.69) is 38.9 Å². The van der Waals surface area contributed by atoms with Gasteiger partial charge in [0.15, 0.2) is 0 Å². The fraction of sp³-hybridized carbons (Fsp3) is 0.615. The predicted molar refractivity (Wildman–Crippen MR) is 76.3 cm³/mol. The maximum Gasteiger partial charge on any atom is 0.322 e. The number of rotatable bonds is 3. The molecule has 2 aromatic heterocycles. The van der Waals surface area contributed by atoms with Gasteiger partial charge in [0, 0.05) is 0 Å². The minimum absolute atomic E-state index is 0.0856. The average Bonchev–Trinajstić information content (AvgIpc) is 2.90. The van der Waals surface area contributed by atoms with Gasteiger partial charge in [0.2, 0.25) is 5.28 Å². The van der Waals surface area contributed by atoms with Crippen molar-refractivity contribution < 1.29 is 4.74 Å². The van der Waals surface area contributed by atoms with Gasteiger partial charge >= 0.3 is 6.01 Å². The van der Waals surface area contributed by atoms with Crippen molar-refractivity contribution in [3.05, 3.63) is 17.9 Å². The molecule has 0 bridgehead atoms. The highest BCUT2D eigenvalue weighted by atomic mass is 35.5. The van der Waals surface area contributed by atoms with E-state index in [1.807, 2.05) is 0 Å². The first-order chi connectivity index (χ1) is 10.1. The molecule has 1 fully saturated rings. The first-order valence-corrected chi connectivity index (χ1v) is 7.41. The number of ether oxygens (including phenoxy) is 1. The summed E-state index contributed by atoms with van der Waals surface area (Å²) in [6.45, 7) is 4.49. The molecule has 7 nitrogen and oxygen atoms in total. The molecular formula is C13H17ClN6O. The number of hydrogen-bond donors (Lipinski definition) is 0. The van der Waals surface area contributed by atoms with Gasteiger partial charge in [0.1, 0.15) is 18.8 Å². The Morgan fingerprint density at radius 2 is 1.90 bits per heavy atom. The Balaban J connectivity index is 1.79. The Hall–Kier alpha value is -1.76. The van der Waals surface area contributed by atoms with Crippen molar-refractivity contribution in [1.29, 1.82) is 0 Å². The zero-order valence-electron chi connectivity index (χ0n) is 12.0. The fourth-order valence-corrected chi connectivity index (χ4v) is 3.05. The van der Waals surface area contributed by atoms with E-state index in [0.29, 0.717) is 17.8 Å². The van der Waals surface area contributed by atoms with Crippen LogP contribution in [0.4, 0.5) is 0 Å². The molecule has 0 aromatic carbocycles.